The molecule has 0 bridgehead atoms. The molecule has 0 aliphatic heterocycles. The monoisotopic (exact) mass is 122 g/mol. The fourth-order valence-corrected chi connectivity index (χ4v) is 0. The minimum Gasteiger partial charge on any atom is -0.195 e. The van der Waals surface area contributed by atoms with Crippen molar-refractivity contribution in [1.82, 2.24) is 0 Å². The lowest BCUT2D eigenvalue weighted by Crippen LogP contribution is -1.41. The molecule has 0 N–H and O–H groups in total. The van der Waals surface area contributed by atoms with E-state index in [4.69, 9.17) is 19.2 Å². The Balaban J connectivity index is 0. The molecule has 4 nitrogen and oxygen atoms in total. The highest BCUT2D eigenvalue weighted by Crippen LogP contribution is 1.06. The summed E-state index contributed by atoms with van der Waals surface area (Å²) in [6.45, 7) is 0. The zero-order valence-electron chi connectivity index (χ0n) is 2.83. The van der Waals surface area contributed by atoms with E-state index < -0.39 is 9.70 Å². The maximum absolute atomic E-state index is 9.01. The first-order valence-electron chi connectivity index (χ1n) is 0.822. The minimum atomic E-state index is -1.83. The van der Waals surface area contributed by atoms with Crippen molar-refractivity contribution < 1.29 is 8.42 Å². The summed E-state index contributed by atoms with van der Waals surface area (Å²) in [5, 5.41) is 12.0. The van der Waals surface area contributed by atoms with Crippen LogP contribution in [0.25, 0.3) is 0 Å². The Hall–Kier alpha value is -0.543. The molecule has 0 spiro atoms. The van der Waals surface area contributed by atoms with Crippen molar-refractivity contribution >= 4 is 18.7 Å². The fraction of sp³-hybridized carbons (Fsp3) is 0. The fourth-order valence-electron chi connectivity index (χ4n) is 0. The number of hydrogen-bond acceptors (Lipinski definition) is 4. The number of rotatable bonds is 0. The van der Waals surface area contributed by atoms with Gasteiger partial charge < -0.3 is 0 Å². The van der Waals surface area contributed by atoms with Crippen molar-refractivity contribution in [3.8, 4) is 0 Å². The maximum Gasteiger partial charge on any atom is 0.157 e. The van der Waals surface area contributed by atoms with E-state index in [2.05, 4.69) is 0 Å². The van der Waals surface area contributed by atoms with Gasteiger partial charge in [-0.3, -0.25) is 0 Å². The highest BCUT2D eigenvalue weighted by Gasteiger charge is 1.28. The van der Waals surface area contributed by atoms with Gasteiger partial charge in [0.2, 0.25) is 0 Å². The van der Waals surface area contributed by atoms with Gasteiger partial charge in [-0.15, -0.1) is 0 Å². The Morgan fingerprint density at radius 3 is 1.33 bits per heavy atom. The average Bonchev–Trinajstić information content (AvgIpc) is 1.41. The molecule has 0 aromatic rings. The minimum absolute atomic E-state index is 0.920. The molecule has 0 fully saturated rings. The third-order valence-corrected chi connectivity index (χ3v) is 0. The summed E-state index contributed by atoms with van der Waals surface area (Å²) in [5.41, 5.74) is 0. The van der Waals surface area contributed by atoms with Crippen LogP contribution in [0.4, 0.5) is 0 Å². The van der Waals surface area contributed by atoms with E-state index in [1.54, 1.807) is 0 Å². The van der Waals surface area contributed by atoms with Crippen molar-refractivity contribution in [2.75, 3.05) is 0 Å². The summed E-state index contributed by atoms with van der Waals surface area (Å²) in [6.07, 6.45) is 0. The van der Waals surface area contributed by atoms with E-state index >= 15 is 0 Å². The first-order valence-corrected chi connectivity index (χ1v) is 3.80. The van der Waals surface area contributed by atoms with Crippen LogP contribution in [0.2, 0.25) is 0 Å². The maximum atomic E-state index is 9.01. The van der Waals surface area contributed by atoms with Crippen LogP contribution >= 0.6 is 0 Å². The van der Waals surface area contributed by atoms with Crippen LogP contribution in [-0.2, 0) is 9.70 Å². The molecule has 0 heterocycles. The zero-order valence-corrected chi connectivity index (χ0v) is 5.06. The van der Waals surface area contributed by atoms with Crippen LogP contribution in [0.1, 0.15) is 0 Å². The molecule has 6 heavy (non-hydrogen) atoms. The molecule has 0 aliphatic rings. The second-order valence-corrected chi connectivity index (χ2v) is 2.33. The van der Waals surface area contributed by atoms with Crippen molar-refractivity contribution in [3.63, 3.8) is 0 Å². The topological polar surface area (TPSA) is 81.7 Å². The van der Waals surface area contributed by atoms with Crippen molar-refractivity contribution in [3.05, 3.63) is 0 Å². The Morgan fingerprint density at radius 1 is 1.33 bits per heavy atom. The van der Waals surface area contributed by atoms with E-state index in [0.29, 0.717) is 0 Å². The second kappa shape index (κ2) is 8.82. The lowest BCUT2D eigenvalue weighted by atomic mass is 13.4. The van der Waals surface area contributed by atoms with Gasteiger partial charge in [0.05, 0.1) is 0 Å². The Labute approximate surface area is 38.7 Å². The van der Waals surface area contributed by atoms with Gasteiger partial charge in [-0.1, -0.05) is 0 Å². The molecule has 0 aliphatic carbocycles. The van der Waals surface area contributed by atoms with E-state index in [0.717, 1.165) is 8.95 Å². The van der Waals surface area contributed by atoms with E-state index in [1.165, 1.54) is 0 Å². The highest BCUT2D eigenvalue weighted by atomic mass is 32.2. The van der Waals surface area contributed by atoms with Crippen LogP contribution < -0.4 is 0 Å². The predicted molar refractivity (Wildman–Crippen MR) is 20.9 cm³/mol. The molecule has 34 valence electrons. The van der Waals surface area contributed by atoms with Crippen LogP contribution in [0.5, 0.6) is 0 Å². The normalized spacial score (nSPS) is 4.33. The van der Waals surface area contributed by atoms with Gasteiger partial charge in [0.1, 0.15) is 8.95 Å². The van der Waals surface area contributed by atoms with Crippen molar-refractivity contribution in [2.45, 2.75) is 0 Å². The van der Waals surface area contributed by atoms with Crippen molar-refractivity contribution in [2.24, 2.45) is 0 Å². The summed E-state index contributed by atoms with van der Waals surface area (Å²) < 4.78 is 18.0. The van der Waals surface area contributed by atoms with E-state index in [9.17, 15) is 0 Å². The molecule has 0 atom stereocenters. The third-order valence-electron chi connectivity index (χ3n) is 0. The molecule has 0 radical (unpaired) electrons. The molecule has 0 saturated carbocycles. The molecule has 0 aromatic carbocycles. The predicted octanol–water partition coefficient (Wildman–Crippen LogP) is -1.56. The summed E-state index contributed by atoms with van der Waals surface area (Å²) in [5.74, 6) is 0. The molecule has 0 aromatic heterocycles. The summed E-state index contributed by atoms with van der Waals surface area (Å²) in [7, 11) is -0.914. The molecule has 6 heteroatoms. The lowest BCUT2D eigenvalue weighted by molar-refractivity contribution is 0.628. The first kappa shape index (κ1) is 9.07. The second-order valence-electron chi connectivity index (χ2n) is 0.304. The van der Waals surface area contributed by atoms with Crippen LogP contribution in [0.3, 0.4) is 0 Å². The van der Waals surface area contributed by atoms with Gasteiger partial charge in [-0.2, -0.15) is 8.42 Å². The summed E-state index contributed by atoms with van der Waals surface area (Å²) in [4.78, 5) is 0. The summed E-state index contributed by atoms with van der Waals surface area (Å²) >= 11 is 0. The largest absolute Gasteiger partial charge is 0.195 e. The van der Waals surface area contributed by atoms with Crippen molar-refractivity contribution in [1.29, 1.82) is 10.8 Å². The molecule has 0 amide bonds. The Kier molecular flexibility index (Phi) is 13.3. The van der Waals surface area contributed by atoms with Gasteiger partial charge in [0.15, 0.2) is 9.70 Å². The van der Waals surface area contributed by atoms with Gasteiger partial charge >= 0.3 is 0 Å². The lowest BCUT2D eigenvalue weighted by Gasteiger charge is -1.20. The quantitative estimate of drug-likeness (QED) is 0.287. The number of hydrogen-bond donors (Lipinski definition) is 0. The summed E-state index contributed by atoms with van der Waals surface area (Å²) in [6, 6.07) is 0. The average molecular weight is 122 g/mol. The highest BCUT2D eigenvalue weighted by molar-refractivity contribution is 7.76. The zero-order chi connectivity index (χ0) is 5.58. The van der Waals surface area contributed by atoms with Crippen LogP contribution in [0, 0.1) is 10.8 Å². The molecule has 0 saturated heterocycles. The van der Waals surface area contributed by atoms with Gasteiger partial charge in [-0.25, -0.2) is 0 Å². The molecule has 0 unspecified atom stereocenters. The van der Waals surface area contributed by atoms with Gasteiger partial charge in [0, 0.05) is 10.8 Å². The Bertz CT molecular complexity index is 109. The molecular formula is H2N2O2SSi. The van der Waals surface area contributed by atoms with Crippen LogP contribution in [-0.4, -0.2) is 17.4 Å². The third kappa shape index (κ3) is 70.7. The SMILES string of the molecule is N#N.O=S(=O)=[SiH2]. The molecule has 0 rings (SSSR count). The van der Waals surface area contributed by atoms with Gasteiger partial charge in [0.25, 0.3) is 0 Å². The first-order chi connectivity index (χ1) is 2.73. The van der Waals surface area contributed by atoms with Crippen LogP contribution in [0.15, 0.2) is 0 Å². The Morgan fingerprint density at radius 2 is 1.33 bits per heavy atom. The van der Waals surface area contributed by atoms with E-state index in [1.807, 2.05) is 0 Å². The van der Waals surface area contributed by atoms with E-state index in [-0.39, 0.29) is 0 Å². The standard InChI is InChI=1S/N2.H2O2SSi/c1-2;1-3(2)4/h;4H2. The smallest absolute Gasteiger partial charge is 0.157 e. The van der Waals surface area contributed by atoms with Gasteiger partial charge in [-0.05, 0) is 0 Å². The molecular weight excluding hydrogens is 120 g/mol. The number of nitrogens with zero attached hydrogens (tertiary/aromatic N) is 2.